The maximum absolute atomic E-state index is 12.9. The zero-order valence-corrected chi connectivity index (χ0v) is 14.9. The van der Waals surface area contributed by atoms with Crippen molar-refractivity contribution in [3.8, 4) is 5.75 Å². The fourth-order valence-electron chi connectivity index (χ4n) is 2.84. The molecule has 0 radical (unpaired) electrons. The Bertz CT molecular complexity index is 878. The van der Waals surface area contributed by atoms with E-state index in [1.807, 2.05) is 24.3 Å². The topological polar surface area (TPSA) is 75.7 Å². The number of nitrogens with zero attached hydrogens (tertiary/aromatic N) is 1. The molecule has 1 atom stereocenters. The standard InChI is InChI=1S/C18H20N2O4S/c1-13(18(21)19-2)24-15-7-9-16(10-8-15)25(22,23)20-12-11-14-5-3-4-6-17(14)20/h3-10,13H,11-12H2,1-2H3,(H,19,21)/t13-/m1/s1. The van der Waals surface area contributed by atoms with Crippen molar-refractivity contribution in [3.05, 3.63) is 54.1 Å². The van der Waals surface area contributed by atoms with Gasteiger partial charge in [-0.05, 0) is 49.2 Å². The van der Waals surface area contributed by atoms with E-state index in [0.29, 0.717) is 18.7 Å². The summed E-state index contributed by atoms with van der Waals surface area (Å²) >= 11 is 0. The highest BCUT2D eigenvalue weighted by molar-refractivity contribution is 7.92. The monoisotopic (exact) mass is 360 g/mol. The molecule has 25 heavy (non-hydrogen) atoms. The fourth-order valence-corrected chi connectivity index (χ4v) is 4.34. The number of hydrogen-bond donors (Lipinski definition) is 1. The van der Waals surface area contributed by atoms with E-state index in [1.165, 1.54) is 23.5 Å². The van der Waals surface area contributed by atoms with Gasteiger partial charge in [0, 0.05) is 13.6 Å². The summed E-state index contributed by atoms with van der Waals surface area (Å²) in [4.78, 5) is 11.7. The molecule has 1 amide bonds. The molecule has 2 aromatic carbocycles. The average Bonchev–Trinajstić information content (AvgIpc) is 3.06. The number of nitrogens with one attached hydrogen (secondary N) is 1. The van der Waals surface area contributed by atoms with Crippen LogP contribution in [0, 0.1) is 0 Å². The molecule has 1 N–H and O–H groups in total. The van der Waals surface area contributed by atoms with E-state index in [0.717, 1.165) is 11.3 Å². The molecule has 1 aliphatic heterocycles. The largest absolute Gasteiger partial charge is 0.481 e. The number of carbonyl (C=O) groups excluding carboxylic acids is 1. The first-order chi connectivity index (χ1) is 11.9. The minimum Gasteiger partial charge on any atom is -0.481 e. The second-order valence-electron chi connectivity index (χ2n) is 5.80. The Morgan fingerprint density at radius 3 is 2.52 bits per heavy atom. The molecule has 3 rings (SSSR count). The Hall–Kier alpha value is -2.54. The molecule has 0 saturated carbocycles. The average molecular weight is 360 g/mol. The summed E-state index contributed by atoms with van der Waals surface area (Å²) in [6.07, 6.45) is 0.0539. The van der Waals surface area contributed by atoms with Gasteiger partial charge in [-0.15, -0.1) is 0 Å². The van der Waals surface area contributed by atoms with Crippen molar-refractivity contribution in [3.63, 3.8) is 0 Å². The van der Waals surface area contributed by atoms with Gasteiger partial charge in [-0.25, -0.2) is 8.42 Å². The van der Waals surface area contributed by atoms with Crippen LogP contribution in [-0.2, 0) is 21.2 Å². The van der Waals surface area contributed by atoms with Crippen LogP contribution >= 0.6 is 0 Å². The number of amides is 1. The van der Waals surface area contributed by atoms with E-state index in [9.17, 15) is 13.2 Å². The van der Waals surface area contributed by atoms with Crippen LogP contribution in [0.15, 0.2) is 53.4 Å². The van der Waals surface area contributed by atoms with E-state index in [2.05, 4.69) is 5.32 Å². The van der Waals surface area contributed by atoms with E-state index < -0.39 is 16.1 Å². The van der Waals surface area contributed by atoms with Crippen LogP contribution in [0.3, 0.4) is 0 Å². The van der Waals surface area contributed by atoms with Gasteiger partial charge in [0.25, 0.3) is 15.9 Å². The Morgan fingerprint density at radius 1 is 1.16 bits per heavy atom. The molecule has 1 aliphatic rings. The summed E-state index contributed by atoms with van der Waals surface area (Å²) in [5, 5.41) is 2.50. The van der Waals surface area contributed by atoms with Crippen molar-refractivity contribution in [2.75, 3.05) is 17.9 Å². The molecule has 0 spiro atoms. The maximum Gasteiger partial charge on any atom is 0.264 e. The van der Waals surface area contributed by atoms with Crippen molar-refractivity contribution in [2.45, 2.75) is 24.3 Å². The molecule has 0 saturated heterocycles. The fraction of sp³-hybridized carbons (Fsp3) is 0.278. The molecule has 7 heteroatoms. The lowest BCUT2D eigenvalue weighted by Crippen LogP contribution is -2.33. The minimum absolute atomic E-state index is 0.198. The Balaban J connectivity index is 1.81. The van der Waals surface area contributed by atoms with Crippen molar-refractivity contribution in [2.24, 2.45) is 0 Å². The number of likely N-dealkylation sites (N-methyl/N-ethyl adjacent to an activating group) is 1. The van der Waals surface area contributed by atoms with Crippen molar-refractivity contribution >= 4 is 21.6 Å². The Kier molecular flexibility index (Phi) is 4.67. The first-order valence-electron chi connectivity index (χ1n) is 8.02. The first kappa shape index (κ1) is 17.3. The molecule has 1 heterocycles. The predicted octanol–water partition coefficient (Wildman–Crippen LogP) is 1.95. The Labute approximate surface area is 147 Å². The van der Waals surface area contributed by atoms with Crippen LogP contribution < -0.4 is 14.4 Å². The number of fused-ring (bicyclic) bond motifs is 1. The zero-order chi connectivity index (χ0) is 18.0. The number of para-hydroxylation sites is 1. The molecular formula is C18H20N2O4S. The van der Waals surface area contributed by atoms with Crippen LogP contribution in [0.1, 0.15) is 12.5 Å². The first-order valence-corrected chi connectivity index (χ1v) is 9.46. The van der Waals surface area contributed by atoms with E-state index in [1.54, 1.807) is 19.1 Å². The SMILES string of the molecule is CNC(=O)[C@@H](C)Oc1ccc(S(=O)(=O)N2CCc3ccccc32)cc1. The summed E-state index contributed by atoms with van der Waals surface area (Å²) in [6, 6.07) is 13.6. The number of ether oxygens (including phenoxy) is 1. The van der Waals surface area contributed by atoms with Gasteiger partial charge in [-0.1, -0.05) is 18.2 Å². The quantitative estimate of drug-likeness (QED) is 0.884. The third kappa shape index (κ3) is 3.32. The molecule has 0 aliphatic carbocycles. The van der Waals surface area contributed by atoms with Gasteiger partial charge in [-0.2, -0.15) is 0 Å². The molecule has 132 valence electrons. The Morgan fingerprint density at radius 2 is 1.84 bits per heavy atom. The normalized spacial score (nSPS) is 14.7. The molecule has 0 unspecified atom stereocenters. The summed E-state index contributed by atoms with van der Waals surface area (Å²) in [6.45, 7) is 2.07. The number of benzene rings is 2. The number of sulfonamides is 1. The van der Waals surface area contributed by atoms with Gasteiger partial charge in [0.05, 0.1) is 10.6 Å². The number of anilines is 1. The van der Waals surface area contributed by atoms with E-state index in [4.69, 9.17) is 4.74 Å². The van der Waals surface area contributed by atoms with Crippen LogP contribution in [0.4, 0.5) is 5.69 Å². The second kappa shape index (κ2) is 6.76. The van der Waals surface area contributed by atoms with Gasteiger partial charge in [0.1, 0.15) is 5.75 Å². The van der Waals surface area contributed by atoms with Crippen LogP contribution in [0.2, 0.25) is 0 Å². The number of rotatable bonds is 5. The third-order valence-electron chi connectivity index (χ3n) is 4.18. The highest BCUT2D eigenvalue weighted by Crippen LogP contribution is 2.33. The van der Waals surface area contributed by atoms with Gasteiger partial charge in [0.2, 0.25) is 0 Å². The van der Waals surface area contributed by atoms with Crippen LogP contribution in [0.5, 0.6) is 5.75 Å². The lowest BCUT2D eigenvalue weighted by Gasteiger charge is -2.20. The van der Waals surface area contributed by atoms with Crippen molar-refractivity contribution in [1.29, 1.82) is 0 Å². The molecule has 2 aromatic rings. The maximum atomic E-state index is 12.9. The summed E-state index contributed by atoms with van der Waals surface area (Å²) in [7, 11) is -2.09. The van der Waals surface area contributed by atoms with Gasteiger partial charge < -0.3 is 10.1 Å². The molecule has 0 aromatic heterocycles. The smallest absolute Gasteiger partial charge is 0.264 e. The highest BCUT2D eigenvalue weighted by Gasteiger charge is 2.30. The predicted molar refractivity (Wildman–Crippen MR) is 95.3 cm³/mol. The summed E-state index contributed by atoms with van der Waals surface area (Å²) in [5.41, 5.74) is 1.77. The van der Waals surface area contributed by atoms with Crippen molar-refractivity contribution in [1.82, 2.24) is 5.32 Å². The van der Waals surface area contributed by atoms with Crippen molar-refractivity contribution < 1.29 is 17.9 Å². The van der Waals surface area contributed by atoms with Gasteiger partial charge >= 0.3 is 0 Å². The molecule has 6 nitrogen and oxygen atoms in total. The third-order valence-corrected chi connectivity index (χ3v) is 6.01. The van der Waals surface area contributed by atoms with Gasteiger partial charge in [0.15, 0.2) is 6.10 Å². The summed E-state index contributed by atoms with van der Waals surface area (Å²) < 4.78 is 32.7. The zero-order valence-electron chi connectivity index (χ0n) is 14.1. The lowest BCUT2D eigenvalue weighted by atomic mass is 10.2. The second-order valence-corrected chi connectivity index (χ2v) is 7.66. The number of carbonyl (C=O) groups is 1. The highest BCUT2D eigenvalue weighted by atomic mass is 32.2. The minimum atomic E-state index is -3.62. The lowest BCUT2D eigenvalue weighted by molar-refractivity contribution is -0.126. The number of hydrogen-bond acceptors (Lipinski definition) is 4. The molecular weight excluding hydrogens is 340 g/mol. The molecule has 0 bridgehead atoms. The van der Waals surface area contributed by atoms with Crippen LogP contribution in [0.25, 0.3) is 0 Å². The van der Waals surface area contributed by atoms with E-state index in [-0.39, 0.29) is 10.8 Å². The van der Waals surface area contributed by atoms with Gasteiger partial charge in [-0.3, -0.25) is 9.10 Å². The van der Waals surface area contributed by atoms with Crippen LogP contribution in [-0.4, -0.2) is 34.0 Å². The molecule has 0 fully saturated rings. The van der Waals surface area contributed by atoms with E-state index >= 15 is 0 Å². The summed E-state index contributed by atoms with van der Waals surface area (Å²) in [5.74, 6) is 0.197.